The first-order chi connectivity index (χ1) is 11.5. The van der Waals surface area contributed by atoms with Gasteiger partial charge < -0.3 is 14.2 Å². The second-order valence-electron chi connectivity index (χ2n) is 5.43. The smallest absolute Gasteiger partial charge is 0.270 e. The summed E-state index contributed by atoms with van der Waals surface area (Å²) < 4.78 is 30.1. The Morgan fingerprint density at radius 3 is 2.42 bits per heavy atom. The highest BCUT2D eigenvalue weighted by atomic mass is 19.1. The van der Waals surface area contributed by atoms with Crippen molar-refractivity contribution in [2.75, 3.05) is 14.2 Å². The summed E-state index contributed by atoms with van der Waals surface area (Å²) in [5.41, 5.74) is 1.27. The molecule has 0 fully saturated rings. The Bertz CT molecular complexity index is 749. The molecule has 24 heavy (non-hydrogen) atoms. The molecule has 6 nitrogen and oxygen atoms in total. The van der Waals surface area contributed by atoms with E-state index in [0.29, 0.717) is 11.3 Å². The maximum Gasteiger partial charge on any atom is 0.270 e. The zero-order valence-corrected chi connectivity index (χ0v) is 13.1. The van der Waals surface area contributed by atoms with Crippen LogP contribution in [0.1, 0.15) is 23.1 Å². The number of halogens is 1. The van der Waals surface area contributed by atoms with Crippen LogP contribution in [0.25, 0.3) is 0 Å². The van der Waals surface area contributed by atoms with Crippen LogP contribution >= 0.6 is 0 Å². The Morgan fingerprint density at radius 1 is 1.12 bits per heavy atom. The van der Waals surface area contributed by atoms with E-state index in [4.69, 9.17) is 14.2 Å². The Labute approximate surface area is 137 Å². The van der Waals surface area contributed by atoms with Gasteiger partial charge in [0.05, 0.1) is 16.9 Å². The zero-order valence-electron chi connectivity index (χ0n) is 13.1. The predicted molar refractivity (Wildman–Crippen MR) is 83.4 cm³/mol. The second kappa shape index (κ2) is 6.54. The lowest BCUT2D eigenvalue weighted by atomic mass is 9.85. The van der Waals surface area contributed by atoms with E-state index in [2.05, 4.69) is 0 Å². The molecule has 0 aliphatic carbocycles. The summed E-state index contributed by atoms with van der Waals surface area (Å²) in [6, 6.07) is 10.3. The lowest BCUT2D eigenvalue weighted by molar-refractivity contribution is -0.385. The minimum Gasteiger partial charge on any atom is -0.464 e. The second-order valence-corrected chi connectivity index (χ2v) is 5.43. The summed E-state index contributed by atoms with van der Waals surface area (Å²) in [5.74, 6) is -0.276. The van der Waals surface area contributed by atoms with Gasteiger partial charge in [0.15, 0.2) is 0 Å². The Balaban J connectivity index is 2.09. The molecule has 1 aliphatic heterocycles. The number of methoxy groups -OCH3 is 2. The van der Waals surface area contributed by atoms with E-state index < -0.39 is 23.2 Å². The number of rotatable bonds is 4. The molecule has 2 aromatic carbocycles. The highest BCUT2D eigenvalue weighted by molar-refractivity contribution is 5.48. The van der Waals surface area contributed by atoms with Crippen LogP contribution < -0.4 is 4.74 Å². The van der Waals surface area contributed by atoms with Crippen LogP contribution in [0.15, 0.2) is 42.5 Å². The van der Waals surface area contributed by atoms with Gasteiger partial charge in [0.1, 0.15) is 11.6 Å². The number of fused-ring (bicyclic) bond motifs is 1. The molecule has 2 aromatic rings. The number of ether oxygens (including phenoxy) is 3. The SMILES string of the molecule is CO[C@@H]1Oc2ccc([N+](=O)[O-])cc2[C@@H](OC)[C@H]1c1ccc(F)cc1. The van der Waals surface area contributed by atoms with Gasteiger partial charge in [0.2, 0.25) is 6.29 Å². The van der Waals surface area contributed by atoms with Crippen molar-refractivity contribution in [2.45, 2.75) is 18.3 Å². The number of nitro groups is 1. The van der Waals surface area contributed by atoms with Gasteiger partial charge in [0, 0.05) is 31.9 Å². The predicted octanol–water partition coefficient (Wildman–Crippen LogP) is 3.57. The molecular weight excluding hydrogens is 317 g/mol. The van der Waals surface area contributed by atoms with Gasteiger partial charge >= 0.3 is 0 Å². The highest BCUT2D eigenvalue weighted by Gasteiger charge is 2.40. The number of non-ortho nitro benzene ring substituents is 1. The molecular formula is C17H16FNO5. The summed E-state index contributed by atoms with van der Waals surface area (Å²) >= 11 is 0. The summed E-state index contributed by atoms with van der Waals surface area (Å²) in [7, 11) is 3.02. The van der Waals surface area contributed by atoms with Crippen molar-refractivity contribution in [3.8, 4) is 5.75 Å². The Kier molecular flexibility index (Phi) is 4.46. The van der Waals surface area contributed by atoms with Gasteiger partial charge in [-0.25, -0.2) is 4.39 Å². The maximum absolute atomic E-state index is 13.2. The minimum absolute atomic E-state index is 0.0480. The fourth-order valence-electron chi connectivity index (χ4n) is 3.00. The molecule has 1 aliphatic rings. The van der Waals surface area contributed by atoms with E-state index in [1.165, 1.54) is 44.6 Å². The van der Waals surface area contributed by atoms with Crippen LogP contribution in [0.4, 0.5) is 10.1 Å². The Hall–Kier alpha value is -2.51. The molecule has 1 heterocycles. The third-order valence-electron chi connectivity index (χ3n) is 4.11. The van der Waals surface area contributed by atoms with Crippen molar-refractivity contribution in [3.05, 3.63) is 69.5 Å². The van der Waals surface area contributed by atoms with Crippen LogP contribution in [-0.2, 0) is 9.47 Å². The molecule has 7 heteroatoms. The molecule has 0 amide bonds. The first-order valence-electron chi connectivity index (χ1n) is 7.31. The summed E-state index contributed by atoms with van der Waals surface area (Å²) in [5, 5.41) is 11.0. The van der Waals surface area contributed by atoms with Crippen molar-refractivity contribution in [2.24, 2.45) is 0 Å². The topological polar surface area (TPSA) is 70.8 Å². The van der Waals surface area contributed by atoms with Crippen LogP contribution in [0, 0.1) is 15.9 Å². The van der Waals surface area contributed by atoms with Crippen molar-refractivity contribution in [3.63, 3.8) is 0 Å². The van der Waals surface area contributed by atoms with E-state index in [1.54, 1.807) is 12.1 Å². The number of benzene rings is 2. The van der Waals surface area contributed by atoms with Crippen molar-refractivity contribution >= 4 is 5.69 Å². The van der Waals surface area contributed by atoms with Crippen molar-refractivity contribution in [1.29, 1.82) is 0 Å². The van der Waals surface area contributed by atoms with Crippen LogP contribution in [0.2, 0.25) is 0 Å². The van der Waals surface area contributed by atoms with Gasteiger partial charge in [-0.3, -0.25) is 10.1 Å². The fraction of sp³-hybridized carbons (Fsp3) is 0.294. The van der Waals surface area contributed by atoms with Gasteiger partial charge in [-0.2, -0.15) is 0 Å². The molecule has 0 saturated carbocycles. The third-order valence-corrected chi connectivity index (χ3v) is 4.11. The van der Waals surface area contributed by atoms with E-state index in [9.17, 15) is 14.5 Å². The quantitative estimate of drug-likeness (QED) is 0.632. The first kappa shape index (κ1) is 16.4. The van der Waals surface area contributed by atoms with E-state index in [1.807, 2.05) is 0 Å². The van der Waals surface area contributed by atoms with Crippen LogP contribution in [-0.4, -0.2) is 25.4 Å². The molecule has 0 bridgehead atoms. The van der Waals surface area contributed by atoms with Gasteiger partial charge in [0.25, 0.3) is 5.69 Å². The first-order valence-corrected chi connectivity index (χ1v) is 7.31. The van der Waals surface area contributed by atoms with E-state index in [-0.39, 0.29) is 11.5 Å². The summed E-state index contributed by atoms with van der Waals surface area (Å²) in [6.45, 7) is 0. The average Bonchev–Trinajstić information content (AvgIpc) is 2.60. The molecule has 126 valence electrons. The highest BCUT2D eigenvalue weighted by Crippen LogP contribution is 2.46. The molecule has 0 saturated heterocycles. The molecule has 0 unspecified atom stereocenters. The normalized spacial score (nSPS) is 22.5. The molecule has 3 atom stereocenters. The lowest BCUT2D eigenvalue weighted by Gasteiger charge is -2.38. The standard InChI is InChI=1S/C17H16FNO5/c1-22-16-13-9-12(19(20)21)7-8-14(13)24-17(23-2)15(16)10-3-5-11(18)6-4-10/h3-9,15-17H,1-2H3/t15-,16-,17-/m1/s1. The number of hydrogen-bond acceptors (Lipinski definition) is 5. The molecule has 0 aromatic heterocycles. The number of nitrogens with zero attached hydrogens (tertiary/aromatic N) is 1. The van der Waals surface area contributed by atoms with E-state index in [0.717, 1.165) is 5.56 Å². The molecule has 0 N–H and O–H groups in total. The number of nitro benzene ring substituents is 1. The average molecular weight is 333 g/mol. The maximum atomic E-state index is 13.2. The monoisotopic (exact) mass is 333 g/mol. The fourth-order valence-corrected chi connectivity index (χ4v) is 3.00. The lowest BCUT2D eigenvalue weighted by Crippen LogP contribution is -2.36. The number of hydrogen-bond donors (Lipinski definition) is 0. The molecule has 0 spiro atoms. The molecule has 3 rings (SSSR count). The van der Waals surface area contributed by atoms with Crippen LogP contribution in [0.3, 0.4) is 0 Å². The van der Waals surface area contributed by atoms with Crippen molar-refractivity contribution < 1.29 is 23.5 Å². The Morgan fingerprint density at radius 2 is 1.83 bits per heavy atom. The van der Waals surface area contributed by atoms with Crippen molar-refractivity contribution in [1.82, 2.24) is 0 Å². The minimum atomic E-state index is -0.658. The summed E-state index contributed by atoms with van der Waals surface area (Å²) in [4.78, 5) is 10.6. The van der Waals surface area contributed by atoms with Gasteiger partial charge in [-0.05, 0) is 23.8 Å². The van der Waals surface area contributed by atoms with Gasteiger partial charge in [-0.1, -0.05) is 12.1 Å². The third kappa shape index (κ3) is 2.83. The summed E-state index contributed by atoms with van der Waals surface area (Å²) in [6.07, 6.45) is -1.18. The molecule has 0 radical (unpaired) electrons. The largest absolute Gasteiger partial charge is 0.464 e. The van der Waals surface area contributed by atoms with Gasteiger partial charge in [-0.15, -0.1) is 0 Å². The van der Waals surface area contributed by atoms with E-state index >= 15 is 0 Å². The zero-order chi connectivity index (χ0) is 17.3. The van der Waals surface area contributed by atoms with Crippen LogP contribution in [0.5, 0.6) is 5.75 Å².